The van der Waals surface area contributed by atoms with Crippen LogP contribution in [0.25, 0.3) is 0 Å². The van der Waals surface area contributed by atoms with Gasteiger partial charge in [0.2, 0.25) is 0 Å². The van der Waals surface area contributed by atoms with Crippen LogP contribution < -0.4 is 10.6 Å². The van der Waals surface area contributed by atoms with Gasteiger partial charge in [0.1, 0.15) is 5.15 Å². The lowest BCUT2D eigenvalue weighted by Gasteiger charge is -2.11. The predicted molar refractivity (Wildman–Crippen MR) is 75.8 cm³/mol. The third-order valence-electron chi connectivity index (χ3n) is 2.07. The standard InChI is InChI=1S/C11H17ClN4S/c1-13-11(14-5-6-17-2)16-8-9-3-4-10(12)15-7-9/h3-4,7H,5-6,8H2,1-2H3,(H2,13,14,16). The summed E-state index contributed by atoms with van der Waals surface area (Å²) in [5.41, 5.74) is 1.07. The second-order valence-electron chi connectivity index (χ2n) is 3.33. The lowest BCUT2D eigenvalue weighted by atomic mass is 10.3. The summed E-state index contributed by atoms with van der Waals surface area (Å²) in [4.78, 5) is 8.15. The molecule has 0 bridgehead atoms. The van der Waals surface area contributed by atoms with Gasteiger partial charge in [-0.2, -0.15) is 11.8 Å². The smallest absolute Gasteiger partial charge is 0.191 e. The van der Waals surface area contributed by atoms with Gasteiger partial charge in [0.05, 0.1) is 0 Å². The average molecular weight is 273 g/mol. The molecule has 2 N–H and O–H groups in total. The van der Waals surface area contributed by atoms with Crippen LogP contribution in [0.15, 0.2) is 23.3 Å². The molecule has 0 radical (unpaired) electrons. The fraction of sp³-hybridized carbons (Fsp3) is 0.455. The minimum atomic E-state index is 0.510. The first-order valence-corrected chi connectivity index (χ1v) is 7.07. The Balaban J connectivity index is 2.35. The van der Waals surface area contributed by atoms with Crippen molar-refractivity contribution >= 4 is 29.3 Å². The van der Waals surface area contributed by atoms with Gasteiger partial charge in [-0.25, -0.2) is 4.98 Å². The summed E-state index contributed by atoms with van der Waals surface area (Å²) in [5.74, 6) is 1.86. The molecule has 94 valence electrons. The zero-order valence-electron chi connectivity index (χ0n) is 10.0. The van der Waals surface area contributed by atoms with Crippen molar-refractivity contribution in [3.8, 4) is 0 Å². The van der Waals surface area contributed by atoms with Gasteiger partial charge in [0.25, 0.3) is 0 Å². The Bertz CT molecular complexity index is 353. The van der Waals surface area contributed by atoms with Gasteiger partial charge < -0.3 is 10.6 Å². The molecule has 0 saturated heterocycles. The number of aliphatic imine (C=N–C) groups is 1. The van der Waals surface area contributed by atoms with Gasteiger partial charge in [-0.15, -0.1) is 0 Å². The Morgan fingerprint density at radius 3 is 2.88 bits per heavy atom. The molecule has 0 aliphatic heterocycles. The Kier molecular flexibility index (Phi) is 6.81. The molecule has 0 fully saturated rings. The lowest BCUT2D eigenvalue weighted by molar-refractivity contribution is 0.830. The number of halogens is 1. The quantitative estimate of drug-likeness (QED) is 0.371. The zero-order valence-corrected chi connectivity index (χ0v) is 11.6. The number of hydrogen-bond donors (Lipinski definition) is 2. The van der Waals surface area contributed by atoms with E-state index in [-0.39, 0.29) is 0 Å². The number of nitrogens with zero attached hydrogens (tertiary/aromatic N) is 2. The number of thioether (sulfide) groups is 1. The fourth-order valence-electron chi connectivity index (χ4n) is 1.19. The maximum Gasteiger partial charge on any atom is 0.191 e. The molecule has 1 aromatic heterocycles. The molecule has 1 aromatic rings. The lowest BCUT2D eigenvalue weighted by Crippen LogP contribution is -2.37. The molecule has 6 heteroatoms. The maximum absolute atomic E-state index is 5.72. The number of rotatable bonds is 5. The van der Waals surface area contributed by atoms with Crippen LogP contribution in [0.2, 0.25) is 5.15 Å². The molecule has 0 amide bonds. The van der Waals surface area contributed by atoms with Crippen molar-refractivity contribution in [2.75, 3.05) is 25.6 Å². The zero-order chi connectivity index (χ0) is 12.5. The highest BCUT2D eigenvalue weighted by Gasteiger charge is 1.98. The van der Waals surface area contributed by atoms with E-state index < -0.39 is 0 Å². The average Bonchev–Trinajstić information content (AvgIpc) is 2.35. The Hall–Kier alpha value is -0.940. The van der Waals surface area contributed by atoms with Crippen molar-refractivity contribution in [3.05, 3.63) is 29.0 Å². The van der Waals surface area contributed by atoms with Gasteiger partial charge in [-0.05, 0) is 17.9 Å². The van der Waals surface area contributed by atoms with Crippen molar-refractivity contribution in [1.29, 1.82) is 0 Å². The molecular weight excluding hydrogens is 256 g/mol. The second kappa shape index (κ2) is 8.20. The topological polar surface area (TPSA) is 49.3 Å². The monoisotopic (exact) mass is 272 g/mol. The molecular formula is C11H17ClN4S. The Morgan fingerprint density at radius 2 is 2.29 bits per heavy atom. The molecule has 0 spiro atoms. The van der Waals surface area contributed by atoms with E-state index in [9.17, 15) is 0 Å². The molecule has 0 aromatic carbocycles. The minimum absolute atomic E-state index is 0.510. The Labute approximate surface area is 111 Å². The predicted octanol–water partition coefficient (Wildman–Crippen LogP) is 1.76. The highest BCUT2D eigenvalue weighted by atomic mass is 35.5. The van der Waals surface area contributed by atoms with Gasteiger partial charge >= 0.3 is 0 Å². The van der Waals surface area contributed by atoms with Crippen LogP contribution in [0.4, 0.5) is 0 Å². The third kappa shape index (κ3) is 5.79. The van der Waals surface area contributed by atoms with Crippen LogP contribution in [0.5, 0.6) is 0 Å². The molecule has 4 nitrogen and oxygen atoms in total. The van der Waals surface area contributed by atoms with Crippen LogP contribution in [-0.4, -0.2) is 36.5 Å². The van der Waals surface area contributed by atoms with Crippen LogP contribution >= 0.6 is 23.4 Å². The van der Waals surface area contributed by atoms with E-state index in [1.54, 1.807) is 31.1 Å². The normalized spacial score (nSPS) is 11.4. The highest BCUT2D eigenvalue weighted by Crippen LogP contribution is 2.04. The van der Waals surface area contributed by atoms with Gasteiger partial charge in [-0.3, -0.25) is 4.99 Å². The van der Waals surface area contributed by atoms with Crippen LogP contribution in [0.1, 0.15) is 5.56 Å². The summed E-state index contributed by atoms with van der Waals surface area (Å²) in [6.07, 6.45) is 3.84. The number of nitrogens with one attached hydrogen (secondary N) is 2. The van der Waals surface area contributed by atoms with E-state index in [4.69, 9.17) is 11.6 Å². The van der Waals surface area contributed by atoms with Gasteiger partial charge in [0.15, 0.2) is 5.96 Å². The summed E-state index contributed by atoms with van der Waals surface area (Å²) in [6, 6.07) is 3.72. The maximum atomic E-state index is 5.72. The van der Waals surface area contributed by atoms with E-state index >= 15 is 0 Å². The highest BCUT2D eigenvalue weighted by molar-refractivity contribution is 7.98. The molecule has 0 aliphatic rings. The van der Waals surface area contributed by atoms with E-state index in [2.05, 4.69) is 26.9 Å². The number of aromatic nitrogens is 1. The van der Waals surface area contributed by atoms with Gasteiger partial charge in [0, 0.05) is 32.1 Å². The van der Waals surface area contributed by atoms with Crippen LogP contribution in [-0.2, 0) is 6.54 Å². The minimum Gasteiger partial charge on any atom is -0.356 e. The Morgan fingerprint density at radius 1 is 1.47 bits per heavy atom. The second-order valence-corrected chi connectivity index (χ2v) is 4.71. The van der Waals surface area contributed by atoms with Crippen molar-refractivity contribution in [3.63, 3.8) is 0 Å². The summed E-state index contributed by atoms with van der Waals surface area (Å²) in [5, 5.41) is 6.94. The summed E-state index contributed by atoms with van der Waals surface area (Å²) in [7, 11) is 1.76. The summed E-state index contributed by atoms with van der Waals surface area (Å²) < 4.78 is 0. The number of hydrogen-bond acceptors (Lipinski definition) is 3. The SMILES string of the molecule is CN=C(NCCSC)NCc1ccc(Cl)nc1. The first-order chi connectivity index (χ1) is 8.26. The van der Waals surface area contributed by atoms with Crippen LogP contribution in [0, 0.1) is 0 Å². The molecule has 0 unspecified atom stereocenters. The van der Waals surface area contributed by atoms with Crippen molar-refractivity contribution in [2.24, 2.45) is 4.99 Å². The van der Waals surface area contributed by atoms with E-state index in [1.165, 1.54) is 0 Å². The fourth-order valence-corrected chi connectivity index (χ4v) is 1.61. The van der Waals surface area contributed by atoms with Crippen molar-refractivity contribution in [2.45, 2.75) is 6.54 Å². The molecule has 1 rings (SSSR count). The summed E-state index contributed by atoms with van der Waals surface area (Å²) >= 11 is 7.52. The van der Waals surface area contributed by atoms with Crippen molar-refractivity contribution in [1.82, 2.24) is 15.6 Å². The molecule has 17 heavy (non-hydrogen) atoms. The largest absolute Gasteiger partial charge is 0.356 e. The van der Waals surface area contributed by atoms with Gasteiger partial charge in [-0.1, -0.05) is 17.7 Å². The number of guanidine groups is 1. The summed E-state index contributed by atoms with van der Waals surface area (Å²) in [6.45, 7) is 1.59. The molecule has 0 aliphatic carbocycles. The molecule has 1 heterocycles. The first kappa shape index (κ1) is 14.1. The van der Waals surface area contributed by atoms with E-state index in [1.807, 2.05) is 6.07 Å². The first-order valence-electron chi connectivity index (χ1n) is 5.30. The van der Waals surface area contributed by atoms with E-state index in [0.717, 1.165) is 23.8 Å². The van der Waals surface area contributed by atoms with Crippen molar-refractivity contribution < 1.29 is 0 Å². The third-order valence-corrected chi connectivity index (χ3v) is 2.91. The molecule has 0 saturated carbocycles. The van der Waals surface area contributed by atoms with E-state index in [0.29, 0.717) is 11.7 Å². The van der Waals surface area contributed by atoms with Crippen LogP contribution in [0.3, 0.4) is 0 Å². The molecule has 0 atom stereocenters. The number of pyridine rings is 1.